The minimum absolute atomic E-state index is 0.0175. The zero-order valence-electron chi connectivity index (χ0n) is 30.5. The zero-order valence-corrected chi connectivity index (χ0v) is 31.0. The smallest absolute Gasteiger partial charge is 0.330 e. The number of carbonyl (C=O) groups excluding carboxylic acids is 1. The van der Waals surface area contributed by atoms with Crippen molar-refractivity contribution >= 4 is 58.6 Å². The van der Waals surface area contributed by atoms with Crippen LogP contribution in [-0.2, 0) is 33.2 Å². The quantitative estimate of drug-likeness (QED) is 0.195. The highest BCUT2D eigenvalue weighted by molar-refractivity contribution is 7.91. The number of anilines is 1. The van der Waals surface area contributed by atoms with Crippen molar-refractivity contribution in [3.63, 3.8) is 0 Å². The van der Waals surface area contributed by atoms with Crippen LogP contribution in [0.2, 0.25) is 0 Å². The molecule has 0 aliphatic carbocycles. The van der Waals surface area contributed by atoms with Gasteiger partial charge < -0.3 is 29.3 Å². The summed E-state index contributed by atoms with van der Waals surface area (Å²) in [5.74, 6) is -0.423. The topological polar surface area (TPSA) is 175 Å². The lowest BCUT2D eigenvalue weighted by molar-refractivity contribution is -0.118. The second-order valence-corrected chi connectivity index (χ2v) is 16.0. The number of hydrogen-bond acceptors (Lipinski definition) is 13. The van der Waals surface area contributed by atoms with E-state index in [9.17, 15) is 13.2 Å². The molecule has 2 N–H and O–H groups in total. The van der Waals surface area contributed by atoms with Gasteiger partial charge in [0.25, 0.3) is 13.7 Å². The van der Waals surface area contributed by atoms with Crippen molar-refractivity contribution in [3.8, 4) is 0 Å². The number of imidazole rings is 1. The Hall–Kier alpha value is -2.62. The molecule has 4 heterocycles. The molecule has 2 saturated heterocycles. The first kappa shape index (κ1) is 36.7. The molecule has 48 heavy (non-hydrogen) atoms. The highest BCUT2D eigenvalue weighted by Gasteiger charge is 2.50. The van der Waals surface area contributed by atoms with Crippen molar-refractivity contribution in [2.45, 2.75) is 98.2 Å². The van der Waals surface area contributed by atoms with Gasteiger partial charge in [0.1, 0.15) is 12.4 Å². The lowest BCUT2D eigenvalue weighted by Crippen LogP contribution is -2.47. The van der Waals surface area contributed by atoms with Crippen molar-refractivity contribution in [1.29, 1.82) is 1.43 Å². The van der Waals surface area contributed by atoms with Gasteiger partial charge in [-0.1, -0.05) is 13.8 Å². The molecule has 16 nitrogen and oxygen atoms in total. The maximum atomic E-state index is 12.5. The van der Waals surface area contributed by atoms with Gasteiger partial charge >= 0.3 is 6.23 Å². The van der Waals surface area contributed by atoms with Crippen LogP contribution in [0.5, 0.6) is 0 Å². The number of nitrogens with one attached hydrogen (secondary N) is 1. The number of rotatable bonds is 11. The molecule has 0 bridgehead atoms. The largest absolute Gasteiger partial charge is 0.460 e. The van der Waals surface area contributed by atoms with Gasteiger partial charge in [-0.15, -0.1) is 0 Å². The highest BCUT2D eigenvalue weighted by Crippen LogP contribution is 2.51. The van der Waals surface area contributed by atoms with Gasteiger partial charge in [0.05, 0.1) is 23.9 Å². The molecule has 4 rings (SSSR count). The average molecular weight is 734 g/mol. The van der Waals surface area contributed by atoms with E-state index in [0.717, 1.165) is 0 Å². The SMILES string of the molecule is [2H]C[C@H]1O[C@@H](n2cnc3c(NC(=O)C(C)C)ncnc32)[C@@H](OC(=S)N2CCS(=O)(=O)CC2)C1OP(OC(C)[N+]#[C-])N(C(C)C)C(C)C.[3H]OC. The third-order valence-electron chi connectivity index (χ3n) is 7.41. The molecule has 1 amide bonds. The number of thiocarbonyl (C=S) groups is 1. The first-order valence-electron chi connectivity index (χ1n) is 16.6. The first-order valence-corrected chi connectivity index (χ1v) is 18.8. The summed E-state index contributed by atoms with van der Waals surface area (Å²) in [4.78, 5) is 30.8. The number of aromatic nitrogens is 4. The van der Waals surface area contributed by atoms with E-state index in [2.05, 4.69) is 30.2 Å². The predicted octanol–water partition coefficient (Wildman–Crippen LogP) is 3.36. The van der Waals surface area contributed by atoms with E-state index < -0.39 is 49.1 Å². The number of aliphatic hydroxyl groups excluding tert-OH is 1. The van der Waals surface area contributed by atoms with Crippen LogP contribution in [0.4, 0.5) is 5.82 Å². The maximum Gasteiger partial charge on any atom is 0.330 e. The van der Waals surface area contributed by atoms with Gasteiger partial charge in [0.15, 0.2) is 39.2 Å². The number of ether oxygens (including phenoxy) is 2. The van der Waals surface area contributed by atoms with Crippen LogP contribution >= 0.6 is 20.7 Å². The summed E-state index contributed by atoms with van der Waals surface area (Å²) in [7, 11) is -3.75. The molecule has 2 aliphatic rings. The van der Waals surface area contributed by atoms with Crippen molar-refractivity contribution < 1.29 is 38.2 Å². The Bertz CT molecular complexity index is 1580. The molecule has 0 radical (unpaired) electrons. The number of sulfone groups is 1. The Morgan fingerprint density at radius 1 is 1.23 bits per heavy atom. The fourth-order valence-corrected chi connectivity index (χ4v) is 8.32. The first-order chi connectivity index (χ1) is 23.6. The van der Waals surface area contributed by atoms with E-state index >= 15 is 0 Å². The minimum Gasteiger partial charge on any atom is -0.460 e. The van der Waals surface area contributed by atoms with E-state index in [1.807, 2.05) is 32.4 Å². The number of hydrogen-bond donors (Lipinski definition) is 2. The molecule has 3 unspecified atom stereocenters. The molecule has 2 aliphatic heterocycles. The van der Waals surface area contributed by atoms with Gasteiger partial charge in [-0.2, -0.15) is 0 Å². The van der Waals surface area contributed by atoms with Gasteiger partial charge in [0.2, 0.25) is 7.34 Å². The van der Waals surface area contributed by atoms with Crippen LogP contribution in [0.25, 0.3) is 16.0 Å². The van der Waals surface area contributed by atoms with E-state index in [-0.39, 0.29) is 66.4 Å². The molecule has 19 heteroatoms. The Balaban J connectivity index is 0.00000217. The van der Waals surface area contributed by atoms with Gasteiger partial charge in [0, 0.05) is 46.5 Å². The molecule has 268 valence electrons. The van der Waals surface area contributed by atoms with Crippen molar-refractivity contribution in [1.82, 2.24) is 29.1 Å². The van der Waals surface area contributed by atoms with Crippen LogP contribution in [0.15, 0.2) is 12.7 Å². The average Bonchev–Trinajstić information content (AvgIpc) is 3.62. The number of amides is 1. The molecular weight excluding hydrogens is 683 g/mol. The van der Waals surface area contributed by atoms with Gasteiger partial charge in [-0.3, -0.25) is 14.2 Å². The maximum absolute atomic E-state index is 12.5. The summed E-state index contributed by atoms with van der Waals surface area (Å²) in [5, 5.41) is 6.34. The number of carbonyl (C=O) groups is 1. The van der Waals surface area contributed by atoms with Crippen LogP contribution in [0.1, 0.15) is 63.0 Å². The van der Waals surface area contributed by atoms with Crippen LogP contribution in [0.3, 0.4) is 0 Å². The second-order valence-electron chi connectivity index (χ2n) is 12.0. The fraction of sp³-hybridized carbons (Fsp3) is 0.724. The number of nitrogens with zero attached hydrogens (tertiary/aromatic N) is 7. The molecular formula is C29H47N8O8PS2. The summed E-state index contributed by atoms with van der Waals surface area (Å²) < 4.78 is 67.7. The molecule has 6 atom stereocenters. The van der Waals surface area contributed by atoms with Crippen molar-refractivity contribution in [2.75, 3.05) is 37.0 Å². The summed E-state index contributed by atoms with van der Waals surface area (Å²) in [6, 6.07) is -0.0350. The van der Waals surface area contributed by atoms with Crippen LogP contribution < -0.4 is 5.32 Å². The highest BCUT2D eigenvalue weighted by atomic mass is 32.2. The monoisotopic (exact) mass is 733 g/mol. The second kappa shape index (κ2) is 17.3. The summed E-state index contributed by atoms with van der Waals surface area (Å²) >= 11 is 5.70. The van der Waals surface area contributed by atoms with Crippen molar-refractivity contribution in [2.24, 2.45) is 5.92 Å². The number of fused-ring (bicyclic) bond motifs is 1. The zero-order chi connectivity index (χ0) is 37.3. The standard InChI is InChI=1S/C28H43N8O7PS2.CH4O/c1-16(2)26(37)33-24-21-25(31-14-30-24)35(15-32-21)27-23(41-28(45)34-10-12-46(38,39)13-11-34)22(19(7)40-27)43-44(42-20(8)29-9)36(17(3)4)18(5)6;1-2/h14-20,22-23,27H,10-13H2,1-8H3,(H,30,31,33,37);2H,1H3/t19-,20?,22?,23+,27-,44?;/m1./s1/i7D;2T. The van der Waals surface area contributed by atoms with Crippen molar-refractivity contribution in [3.05, 3.63) is 24.1 Å². The Labute approximate surface area is 292 Å². The van der Waals surface area contributed by atoms with E-state index in [0.29, 0.717) is 11.2 Å². The molecule has 2 aromatic rings. The molecule has 2 aromatic heterocycles. The third kappa shape index (κ3) is 9.54. The normalized spacial score (nSPS) is 24.1. The summed E-state index contributed by atoms with van der Waals surface area (Å²) in [6.45, 7) is 20.8. The van der Waals surface area contributed by atoms with Crippen LogP contribution in [0, 0.1) is 12.5 Å². The summed E-state index contributed by atoms with van der Waals surface area (Å²) in [5.41, 5.74) is 0.657. The van der Waals surface area contributed by atoms with E-state index in [1.165, 1.54) is 19.8 Å². The van der Waals surface area contributed by atoms with E-state index in [4.69, 9.17) is 40.1 Å². The fourth-order valence-electron chi connectivity index (χ4n) is 5.03. The van der Waals surface area contributed by atoms with Crippen LogP contribution in [-0.4, -0.2) is 123 Å². The van der Waals surface area contributed by atoms with Gasteiger partial charge in [-0.25, -0.2) is 39.1 Å². The molecule has 0 spiro atoms. The predicted molar refractivity (Wildman–Crippen MR) is 185 cm³/mol. The Kier molecular flexibility index (Phi) is 13.2. The lowest BCUT2D eigenvalue weighted by atomic mass is 10.1. The van der Waals surface area contributed by atoms with Gasteiger partial charge in [-0.05, 0) is 46.8 Å². The minimum atomic E-state index is -3.18. The Morgan fingerprint density at radius 3 is 2.44 bits per heavy atom. The number of aliphatic hydroxyl groups is 1. The molecule has 2 fully saturated rings. The Morgan fingerprint density at radius 2 is 1.88 bits per heavy atom. The van der Waals surface area contributed by atoms with E-state index in [1.54, 1.807) is 30.2 Å². The summed E-state index contributed by atoms with van der Waals surface area (Å²) in [6.07, 6.45) is -1.69. The lowest BCUT2D eigenvalue weighted by Gasteiger charge is -2.38. The third-order valence-corrected chi connectivity index (χ3v) is 11.6. The molecule has 0 saturated carbocycles. The molecule has 0 aromatic carbocycles.